The Hall–Kier alpha value is -0.670. The van der Waals surface area contributed by atoms with Crippen LogP contribution in [0.25, 0.3) is 0 Å². The fourth-order valence-electron chi connectivity index (χ4n) is 1.20. The Morgan fingerprint density at radius 1 is 0.632 bits per heavy atom. The smallest absolute Gasteiger partial charge is 0.396 e. The van der Waals surface area contributed by atoms with Gasteiger partial charge in [0.1, 0.15) is 0 Å². The van der Waals surface area contributed by atoms with Crippen LogP contribution in [-0.2, 0) is 0 Å². The summed E-state index contributed by atoms with van der Waals surface area (Å²) in [6, 6.07) is 0. The van der Waals surface area contributed by atoms with Gasteiger partial charge in [-0.1, -0.05) is 6.42 Å². The van der Waals surface area contributed by atoms with E-state index in [1.807, 2.05) is 0 Å². The van der Waals surface area contributed by atoms with Gasteiger partial charge in [0.05, 0.1) is 0 Å². The van der Waals surface area contributed by atoms with Gasteiger partial charge in [0.2, 0.25) is 0 Å². The average Bonchev–Trinajstić information content (AvgIpc) is 2.22. The summed E-state index contributed by atoms with van der Waals surface area (Å²) >= 11 is 0. The van der Waals surface area contributed by atoms with Gasteiger partial charge in [-0.2, -0.15) is 39.5 Å². The Labute approximate surface area is 102 Å². The molecule has 0 aliphatic heterocycles. The Morgan fingerprint density at radius 3 is 1.47 bits per heavy atom. The molecular weight excluding hydrogens is 295 g/mol. The number of hydrogen-bond donors (Lipinski definition) is 1. The van der Waals surface area contributed by atoms with Crippen molar-refractivity contribution in [3.05, 3.63) is 0 Å². The van der Waals surface area contributed by atoms with E-state index in [1.54, 1.807) is 0 Å². The van der Waals surface area contributed by atoms with E-state index >= 15 is 0 Å². The minimum absolute atomic E-state index is 0.0443. The lowest BCUT2D eigenvalue weighted by molar-refractivity contribution is -0.396. The number of aliphatic hydroxyl groups is 1. The van der Waals surface area contributed by atoms with Gasteiger partial charge in [0.15, 0.2) is 0 Å². The average molecular weight is 306 g/mol. The second kappa shape index (κ2) is 5.76. The second-order valence-electron chi connectivity index (χ2n) is 3.89. The van der Waals surface area contributed by atoms with Gasteiger partial charge in [0.25, 0.3) is 0 Å². The number of aliphatic hydroxyl groups excluding tert-OH is 1. The van der Waals surface area contributed by atoms with Crippen molar-refractivity contribution in [1.29, 1.82) is 0 Å². The van der Waals surface area contributed by atoms with Crippen molar-refractivity contribution in [2.75, 3.05) is 6.61 Å². The molecule has 19 heavy (non-hydrogen) atoms. The van der Waals surface area contributed by atoms with Crippen LogP contribution in [0.2, 0.25) is 0 Å². The SMILES string of the molecule is OCCCCCC(F)(F)C(F)(F)C(F)(F)C(F)(F)F. The first-order valence-corrected chi connectivity index (χ1v) is 5.12. The standard InChI is InChI=1S/C9H11F9O/c10-6(11,4-2-1-3-5-19)7(12,13)8(14,15)9(16,17)18/h19H,1-5H2. The molecule has 0 spiro atoms. The zero-order valence-electron chi connectivity index (χ0n) is 9.38. The van der Waals surface area contributed by atoms with Crippen molar-refractivity contribution in [2.24, 2.45) is 0 Å². The van der Waals surface area contributed by atoms with Gasteiger partial charge in [-0.3, -0.25) is 0 Å². The van der Waals surface area contributed by atoms with Gasteiger partial charge in [-0.05, 0) is 12.8 Å². The van der Waals surface area contributed by atoms with E-state index in [1.165, 1.54) is 0 Å². The lowest BCUT2D eigenvalue weighted by Crippen LogP contribution is -2.60. The number of alkyl halides is 9. The summed E-state index contributed by atoms with van der Waals surface area (Å²) in [5.74, 6) is -18.8. The van der Waals surface area contributed by atoms with Crippen molar-refractivity contribution < 1.29 is 44.6 Å². The summed E-state index contributed by atoms with van der Waals surface area (Å²) in [6.07, 6.45) is -9.55. The second-order valence-corrected chi connectivity index (χ2v) is 3.89. The summed E-state index contributed by atoms with van der Waals surface area (Å²) in [5, 5.41) is 8.29. The Balaban J connectivity index is 4.96. The Morgan fingerprint density at radius 2 is 1.11 bits per heavy atom. The highest BCUT2D eigenvalue weighted by atomic mass is 19.4. The topological polar surface area (TPSA) is 20.2 Å². The normalized spacial score (nSPS) is 14.8. The molecule has 0 heterocycles. The molecule has 0 amide bonds. The van der Waals surface area contributed by atoms with Crippen molar-refractivity contribution in [1.82, 2.24) is 0 Å². The summed E-state index contributed by atoms with van der Waals surface area (Å²) < 4.78 is 111. The van der Waals surface area contributed by atoms with Crippen LogP contribution in [0, 0.1) is 0 Å². The molecule has 1 N–H and O–H groups in total. The monoisotopic (exact) mass is 306 g/mol. The predicted molar refractivity (Wildman–Crippen MR) is 46.4 cm³/mol. The molecule has 0 saturated heterocycles. The summed E-state index contributed by atoms with van der Waals surface area (Å²) in [4.78, 5) is 0. The van der Waals surface area contributed by atoms with Crippen LogP contribution in [0.1, 0.15) is 25.7 Å². The van der Waals surface area contributed by atoms with E-state index in [0.29, 0.717) is 0 Å². The van der Waals surface area contributed by atoms with E-state index in [4.69, 9.17) is 5.11 Å². The maximum atomic E-state index is 12.9. The number of rotatable bonds is 7. The lowest BCUT2D eigenvalue weighted by Gasteiger charge is -2.33. The maximum Gasteiger partial charge on any atom is 0.460 e. The van der Waals surface area contributed by atoms with Gasteiger partial charge in [-0.15, -0.1) is 0 Å². The molecule has 1 nitrogen and oxygen atoms in total. The summed E-state index contributed by atoms with van der Waals surface area (Å²) in [6.45, 7) is -0.430. The molecule has 0 aromatic heterocycles. The molecular formula is C9H11F9O. The van der Waals surface area contributed by atoms with Crippen LogP contribution in [-0.4, -0.2) is 35.7 Å². The molecule has 0 radical (unpaired) electrons. The van der Waals surface area contributed by atoms with Crippen molar-refractivity contribution in [3.8, 4) is 0 Å². The van der Waals surface area contributed by atoms with Gasteiger partial charge < -0.3 is 5.11 Å². The zero-order valence-corrected chi connectivity index (χ0v) is 9.38. The van der Waals surface area contributed by atoms with E-state index in [-0.39, 0.29) is 12.8 Å². The van der Waals surface area contributed by atoms with Crippen molar-refractivity contribution in [3.63, 3.8) is 0 Å². The van der Waals surface area contributed by atoms with Gasteiger partial charge >= 0.3 is 23.9 Å². The maximum absolute atomic E-state index is 12.9. The molecule has 0 fully saturated rings. The third-order valence-corrected chi connectivity index (χ3v) is 2.36. The van der Waals surface area contributed by atoms with Gasteiger partial charge in [0, 0.05) is 13.0 Å². The van der Waals surface area contributed by atoms with Crippen LogP contribution in [0.15, 0.2) is 0 Å². The highest BCUT2D eigenvalue weighted by Gasteiger charge is 2.81. The van der Waals surface area contributed by atoms with E-state index in [9.17, 15) is 39.5 Å². The molecule has 0 aromatic rings. The Bertz CT molecular complexity index is 284. The molecule has 0 atom stereocenters. The Kier molecular flexibility index (Phi) is 5.56. The third kappa shape index (κ3) is 3.67. The minimum Gasteiger partial charge on any atom is -0.396 e. The van der Waals surface area contributed by atoms with Crippen LogP contribution in [0.3, 0.4) is 0 Å². The van der Waals surface area contributed by atoms with Gasteiger partial charge in [-0.25, -0.2) is 0 Å². The molecule has 116 valence electrons. The summed E-state index contributed by atoms with van der Waals surface area (Å²) in [5.41, 5.74) is 0. The highest BCUT2D eigenvalue weighted by Crippen LogP contribution is 2.54. The number of halogens is 9. The summed E-state index contributed by atoms with van der Waals surface area (Å²) in [7, 11) is 0. The predicted octanol–water partition coefficient (Wildman–Crippen LogP) is 4.01. The largest absolute Gasteiger partial charge is 0.460 e. The molecule has 0 unspecified atom stereocenters. The van der Waals surface area contributed by atoms with E-state index in [2.05, 4.69) is 0 Å². The molecule has 0 saturated carbocycles. The molecule has 10 heteroatoms. The lowest BCUT2D eigenvalue weighted by atomic mass is 9.98. The van der Waals surface area contributed by atoms with Crippen LogP contribution >= 0.6 is 0 Å². The van der Waals surface area contributed by atoms with Crippen molar-refractivity contribution in [2.45, 2.75) is 49.6 Å². The van der Waals surface area contributed by atoms with Crippen LogP contribution in [0.4, 0.5) is 39.5 Å². The molecule has 0 bridgehead atoms. The van der Waals surface area contributed by atoms with E-state index < -0.39 is 43.4 Å². The fraction of sp³-hybridized carbons (Fsp3) is 1.00. The first-order chi connectivity index (χ1) is 8.31. The quantitative estimate of drug-likeness (QED) is 0.556. The molecule has 0 aliphatic rings. The number of hydrogen-bond acceptors (Lipinski definition) is 1. The molecule has 0 aromatic carbocycles. The zero-order chi connectivity index (χ0) is 15.5. The highest BCUT2D eigenvalue weighted by molar-refractivity contribution is 5.00. The molecule has 0 aliphatic carbocycles. The minimum atomic E-state index is -6.82. The van der Waals surface area contributed by atoms with Crippen LogP contribution < -0.4 is 0 Å². The first kappa shape index (κ1) is 18.3. The van der Waals surface area contributed by atoms with Crippen molar-refractivity contribution >= 4 is 0 Å². The fourth-order valence-corrected chi connectivity index (χ4v) is 1.20. The molecule has 0 rings (SSSR count). The van der Waals surface area contributed by atoms with Crippen LogP contribution in [0.5, 0.6) is 0 Å². The number of unbranched alkanes of at least 4 members (excludes halogenated alkanes) is 2. The first-order valence-electron chi connectivity index (χ1n) is 5.12. The third-order valence-electron chi connectivity index (χ3n) is 2.36. The van der Waals surface area contributed by atoms with E-state index in [0.717, 1.165) is 0 Å².